The lowest BCUT2D eigenvalue weighted by molar-refractivity contribution is -0.120. The summed E-state index contributed by atoms with van der Waals surface area (Å²) in [6.07, 6.45) is -0.147. The average Bonchev–Trinajstić information content (AvgIpc) is 2.63. The zero-order chi connectivity index (χ0) is 19.6. The van der Waals surface area contributed by atoms with Crippen molar-refractivity contribution in [2.24, 2.45) is 0 Å². The van der Waals surface area contributed by atoms with Crippen molar-refractivity contribution in [3.05, 3.63) is 69.6 Å². The van der Waals surface area contributed by atoms with E-state index in [2.05, 4.69) is 5.32 Å². The molecule has 0 aliphatic carbocycles. The molecule has 1 unspecified atom stereocenters. The van der Waals surface area contributed by atoms with E-state index in [0.717, 1.165) is 5.56 Å². The second-order valence-corrected chi connectivity index (χ2v) is 6.62. The molecule has 0 aliphatic rings. The minimum Gasteiger partial charge on any atom is -0.508 e. The topological polar surface area (TPSA) is 99.8 Å². The van der Waals surface area contributed by atoms with E-state index in [1.165, 1.54) is 12.1 Å². The highest BCUT2D eigenvalue weighted by molar-refractivity contribution is 5.89. The summed E-state index contributed by atoms with van der Waals surface area (Å²) in [6.45, 7) is 4.10. The van der Waals surface area contributed by atoms with Gasteiger partial charge in [0.05, 0.1) is 17.4 Å². The van der Waals surface area contributed by atoms with E-state index in [-0.39, 0.29) is 40.9 Å². The molecule has 1 aromatic heterocycles. The first-order chi connectivity index (χ1) is 12.9. The van der Waals surface area contributed by atoms with Crippen molar-refractivity contribution in [2.75, 3.05) is 6.54 Å². The van der Waals surface area contributed by atoms with Crippen LogP contribution in [0.3, 0.4) is 0 Å². The predicted octanol–water partition coefficient (Wildman–Crippen LogP) is 2.98. The molecule has 6 nitrogen and oxygen atoms in total. The third-order valence-corrected chi connectivity index (χ3v) is 4.65. The lowest BCUT2D eigenvalue weighted by Gasteiger charge is -2.14. The largest absolute Gasteiger partial charge is 0.508 e. The second kappa shape index (κ2) is 7.53. The molecular weight excluding hydrogens is 346 g/mol. The van der Waals surface area contributed by atoms with Gasteiger partial charge in [-0.25, -0.2) is 4.79 Å². The lowest BCUT2D eigenvalue weighted by Crippen LogP contribution is -2.30. The van der Waals surface area contributed by atoms with Gasteiger partial charge >= 0.3 is 5.63 Å². The summed E-state index contributed by atoms with van der Waals surface area (Å²) in [5.74, 6) is -0.573. The second-order valence-electron chi connectivity index (χ2n) is 6.62. The number of hydrogen-bond donors (Lipinski definition) is 3. The number of nitrogens with one attached hydrogen (secondary N) is 1. The highest BCUT2D eigenvalue weighted by Gasteiger charge is 2.18. The molecule has 0 aliphatic heterocycles. The maximum Gasteiger partial charge on any atom is 0.340 e. The van der Waals surface area contributed by atoms with Gasteiger partial charge in [0.1, 0.15) is 17.1 Å². The molecular formula is C21H21NO5. The minimum atomic E-state index is -0.656. The third kappa shape index (κ3) is 3.95. The summed E-state index contributed by atoms with van der Waals surface area (Å²) in [7, 11) is 0. The molecule has 0 radical (unpaired) electrons. The van der Waals surface area contributed by atoms with Crippen molar-refractivity contribution in [2.45, 2.75) is 26.2 Å². The van der Waals surface area contributed by atoms with E-state index in [4.69, 9.17) is 4.42 Å². The summed E-state index contributed by atoms with van der Waals surface area (Å²) in [6, 6.07) is 12.2. The molecule has 0 fully saturated rings. The van der Waals surface area contributed by atoms with Gasteiger partial charge < -0.3 is 19.9 Å². The number of carbonyl (C=O) groups excluding carboxylic acids is 1. The number of carbonyl (C=O) groups is 1. The van der Waals surface area contributed by atoms with Gasteiger partial charge in [-0.05, 0) is 24.0 Å². The van der Waals surface area contributed by atoms with Crippen LogP contribution in [0.25, 0.3) is 11.0 Å². The molecule has 3 aromatic rings. The fourth-order valence-corrected chi connectivity index (χ4v) is 3.10. The maximum atomic E-state index is 12.3. The van der Waals surface area contributed by atoms with Crippen molar-refractivity contribution in [1.29, 1.82) is 0 Å². The fraction of sp³-hybridized carbons (Fsp3) is 0.238. The van der Waals surface area contributed by atoms with Crippen LogP contribution < -0.4 is 10.9 Å². The third-order valence-electron chi connectivity index (χ3n) is 4.65. The quantitative estimate of drug-likeness (QED) is 0.602. The summed E-state index contributed by atoms with van der Waals surface area (Å²) in [4.78, 5) is 24.6. The number of benzene rings is 2. The highest BCUT2D eigenvalue weighted by Crippen LogP contribution is 2.32. The Balaban J connectivity index is 1.78. The van der Waals surface area contributed by atoms with Gasteiger partial charge in [0.25, 0.3) is 0 Å². The van der Waals surface area contributed by atoms with Crippen LogP contribution in [0.4, 0.5) is 0 Å². The van der Waals surface area contributed by atoms with Crippen LogP contribution in [-0.4, -0.2) is 22.7 Å². The number of hydrogen-bond acceptors (Lipinski definition) is 5. The molecule has 0 saturated heterocycles. The van der Waals surface area contributed by atoms with Crippen molar-refractivity contribution >= 4 is 16.9 Å². The molecule has 1 amide bonds. The Hall–Kier alpha value is -3.28. The number of rotatable bonds is 5. The van der Waals surface area contributed by atoms with Crippen molar-refractivity contribution in [3.8, 4) is 11.5 Å². The molecule has 2 aromatic carbocycles. The van der Waals surface area contributed by atoms with E-state index in [0.29, 0.717) is 17.5 Å². The molecule has 140 valence electrons. The van der Waals surface area contributed by atoms with Crippen LogP contribution >= 0.6 is 0 Å². The lowest BCUT2D eigenvalue weighted by atomic mass is 10.0. The zero-order valence-corrected chi connectivity index (χ0v) is 15.2. The van der Waals surface area contributed by atoms with E-state index in [1.54, 1.807) is 6.92 Å². The number of phenols is 2. The van der Waals surface area contributed by atoms with E-state index in [1.807, 2.05) is 37.3 Å². The molecule has 0 saturated carbocycles. The van der Waals surface area contributed by atoms with Gasteiger partial charge in [0.15, 0.2) is 0 Å². The Labute approximate surface area is 156 Å². The molecule has 1 atom stereocenters. The molecule has 3 rings (SSSR count). The smallest absolute Gasteiger partial charge is 0.340 e. The van der Waals surface area contributed by atoms with Crippen LogP contribution in [0, 0.1) is 6.92 Å². The van der Waals surface area contributed by atoms with Crippen LogP contribution in [0.2, 0.25) is 0 Å². The summed E-state index contributed by atoms with van der Waals surface area (Å²) in [5, 5.41) is 22.7. The summed E-state index contributed by atoms with van der Waals surface area (Å²) in [5.41, 5.74) is 1.19. The van der Waals surface area contributed by atoms with Crippen LogP contribution in [0.5, 0.6) is 11.5 Å². The minimum absolute atomic E-state index is 0.0804. The Morgan fingerprint density at radius 1 is 1.19 bits per heavy atom. The van der Waals surface area contributed by atoms with Crippen molar-refractivity contribution in [1.82, 2.24) is 5.32 Å². The van der Waals surface area contributed by atoms with Gasteiger partial charge in [-0.15, -0.1) is 0 Å². The van der Waals surface area contributed by atoms with Crippen LogP contribution in [0.1, 0.15) is 29.5 Å². The molecule has 0 bridgehead atoms. The van der Waals surface area contributed by atoms with Gasteiger partial charge in [0, 0.05) is 18.7 Å². The van der Waals surface area contributed by atoms with E-state index in [9.17, 15) is 19.8 Å². The molecule has 0 spiro atoms. The molecule has 6 heteroatoms. The molecule has 1 heterocycles. The summed E-state index contributed by atoms with van der Waals surface area (Å²) < 4.78 is 5.18. The Morgan fingerprint density at radius 3 is 2.59 bits per heavy atom. The van der Waals surface area contributed by atoms with Crippen molar-refractivity contribution in [3.63, 3.8) is 0 Å². The normalized spacial score (nSPS) is 12.1. The monoisotopic (exact) mass is 367 g/mol. The number of aromatic hydroxyl groups is 2. The van der Waals surface area contributed by atoms with E-state index >= 15 is 0 Å². The predicted molar refractivity (Wildman–Crippen MR) is 102 cm³/mol. The Kier molecular flexibility index (Phi) is 5.16. The number of amides is 1. The SMILES string of the molecule is Cc1c(CC(=O)NCC(C)c2ccccc2)c(=O)oc2cc(O)cc(O)c12. The number of phenolic OH excluding ortho intramolecular Hbond substituents is 2. The fourth-order valence-electron chi connectivity index (χ4n) is 3.10. The zero-order valence-electron chi connectivity index (χ0n) is 15.2. The standard InChI is InChI=1S/C21H21NO5/c1-12(14-6-4-3-5-7-14)11-22-19(25)10-16-13(2)20-17(24)8-15(23)9-18(20)27-21(16)26/h3-9,12,23-24H,10-11H2,1-2H3,(H,22,25). The highest BCUT2D eigenvalue weighted by atomic mass is 16.4. The first-order valence-corrected chi connectivity index (χ1v) is 8.66. The number of fused-ring (bicyclic) bond motifs is 1. The van der Waals surface area contributed by atoms with Gasteiger partial charge in [-0.1, -0.05) is 37.3 Å². The first kappa shape index (κ1) is 18.5. The van der Waals surface area contributed by atoms with Crippen LogP contribution in [-0.2, 0) is 11.2 Å². The summed E-state index contributed by atoms with van der Waals surface area (Å²) >= 11 is 0. The van der Waals surface area contributed by atoms with Crippen molar-refractivity contribution < 1.29 is 19.4 Å². The Bertz CT molecular complexity index is 1040. The van der Waals surface area contributed by atoms with Crippen LogP contribution in [0.15, 0.2) is 51.7 Å². The molecule has 27 heavy (non-hydrogen) atoms. The first-order valence-electron chi connectivity index (χ1n) is 8.66. The van der Waals surface area contributed by atoms with Gasteiger partial charge in [-0.3, -0.25) is 4.79 Å². The average molecular weight is 367 g/mol. The Morgan fingerprint density at radius 2 is 1.89 bits per heavy atom. The molecule has 3 N–H and O–H groups in total. The number of aryl methyl sites for hydroxylation is 1. The van der Waals surface area contributed by atoms with E-state index < -0.39 is 5.63 Å². The van der Waals surface area contributed by atoms with Gasteiger partial charge in [-0.2, -0.15) is 0 Å². The van der Waals surface area contributed by atoms with Gasteiger partial charge in [0.2, 0.25) is 5.91 Å². The maximum absolute atomic E-state index is 12.3.